The number of hydrogen-bond acceptors (Lipinski definition) is 4. The Bertz CT molecular complexity index is 487. The van der Waals surface area contributed by atoms with Crippen molar-refractivity contribution < 1.29 is 19.3 Å². The number of epoxide rings is 1. The fourth-order valence-electron chi connectivity index (χ4n) is 6.36. The van der Waals surface area contributed by atoms with Crippen molar-refractivity contribution in [3.63, 3.8) is 0 Å². The molecule has 3 aliphatic heterocycles. The molecule has 4 bridgehead atoms. The summed E-state index contributed by atoms with van der Waals surface area (Å²) >= 11 is 0. The van der Waals surface area contributed by atoms with Crippen LogP contribution in [0.1, 0.15) is 40.5 Å². The first-order valence-electron chi connectivity index (χ1n) is 7.48. The van der Waals surface area contributed by atoms with Crippen LogP contribution in [0.3, 0.4) is 0 Å². The predicted octanol–water partition coefficient (Wildman–Crippen LogP) is 1.45. The van der Waals surface area contributed by atoms with E-state index >= 15 is 0 Å². The highest BCUT2D eigenvalue weighted by Crippen LogP contribution is 2.78. The Hall–Kier alpha value is -0.160. The van der Waals surface area contributed by atoms with Gasteiger partial charge in [0.2, 0.25) is 0 Å². The SMILES string of the molecule is CC1(C)CC[C@@H]2O[C@@H]3O[C@]14[C@@H]1O[C@@H]1[C@](C)(O)[C@@H]3[C@@]24C. The summed E-state index contributed by atoms with van der Waals surface area (Å²) in [5.41, 5.74) is -1.15. The first-order chi connectivity index (χ1) is 8.77. The van der Waals surface area contributed by atoms with Gasteiger partial charge in [-0.05, 0) is 25.2 Å². The second-order valence-corrected chi connectivity index (χ2v) is 8.23. The van der Waals surface area contributed by atoms with Crippen molar-refractivity contribution in [1.29, 1.82) is 0 Å². The zero-order valence-electron chi connectivity index (χ0n) is 12.0. The van der Waals surface area contributed by atoms with E-state index in [9.17, 15) is 5.11 Å². The average molecular weight is 266 g/mol. The molecule has 8 atom stereocenters. The molecule has 106 valence electrons. The molecule has 0 aromatic heterocycles. The van der Waals surface area contributed by atoms with E-state index in [0.29, 0.717) is 0 Å². The molecule has 19 heavy (non-hydrogen) atoms. The summed E-state index contributed by atoms with van der Waals surface area (Å²) in [7, 11) is 0. The van der Waals surface area contributed by atoms with E-state index in [1.807, 2.05) is 6.92 Å². The third kappa shape index (κ3) is 0.844. The van der Waals surface area contributed by atoms with Crippen LogP contribution in [-0.4, -0.2) is 40.9 Å². The Morgan fingerprint density at radius 1 is 1.05 bits per heavy atom. The maximum atomic E-state index is 11.0. The van der Waals surface area contributed by atoms with Gasteiger partial charge in [0.05, 0.1) is 17.6 Å². The van der Waals surface area contributed by atoms with Gasteiger partial charge in [-0.25, -0.2) is 0 Å². The van der Waals surface area contributed by atoms with Crippen molar-refractivity contribution in [2.24, 2.45) is 16.7 Å². The zero-order chi connectivity index (χ0) is 13.4. The molecule has 2 aliphatic carbocycles. The number of rotatable bonds is 0. The van der Waals surface area contributed by atoms with Gasteiger partial charge in [-0.2, -0.15) is 0 Å². The molecule has 5 aliphatic rings. The smallest absolute Gasteiger partial charge is 0.165 e. The van der Waals surface area contributed by atoms with Gasteiger partial charge in [0.15, 0.2) is 6.29 Å². The standard InChI is InChI=1S/C15H22O4/c1-12(2)6-5-7-13(3)8-11(17-7)19-15(12,13)10-9(18-10)14(8,4)16/h7-11,16H,5-6H2,1-4H3/t7-,8-,9-,10+,11+,13+,14+,15+/m0/s1. The van der Waals surface area contributed by atoms with Gasteiger partial charge in [-0.3, -0.25) is 0 Å². The molecule has 3 saturated heterocycles. The molecule has 0 amide bonds. The Labute approximate surface area is 113 Å². The quantitative estimate of drug-likeness (QED) is 0.674. The van der Waals surface area contributed by atoms with Gasteiger partial charge in [-0.1, -0.05) is 20.8 Å². The van der Waals surface area contributed by atoms with E-state index in [4.69, 9.17) is 14.2 Å². The molecule has 2 saturated carbocycles. The lowest BCUT2D eigenvalue weighted by atomic mass is 9.44. The van der Waals surface area contributed by atoms with Gasteiger partial charge in [0.25, 0.3) is 0 Å². The normalized spacial score (nSPS) is 70.9. The highest BCUT2D eigenvalue weighted by Gasteiger charge is 2.90. The van der Waals surface area contributed by atoms with Crippen LogP contribution in [0.4, 0.5) is 0 Å². The molecule has 0 unspecified atom stereocenters. The highest BCUT2D eigenvalue weighted by molar-refractivity contribution is 5.36. The van der Waals surface area contributed by atoms with E-state index in [1.165, 1.54) is 0 Å². The summed E-state index contributed by atoms with van der Waals surface area (Å²) in [4.78, 5) is 0. The summed E-state index contributed by atoms with van der Waals surface area (Å²) in [6, 6.07) is 0. The molecule has 5 rings (SSSR count). The van der Waals surface area contributed by atoms with Crippen LogP contribution in [0.5, 0.6) is 0 Å². The third-order valence-corrected chi connectivity index (χ3v) is 7.12. The first-order valence-corrected chi connectivity index (χ1v) is 7.48. The molecule has 1 N–H and O–H groups in total. The minimum absolute atomic E-state index is 0.0355. The molecule has 5 fully saturated rings. The fraction of sp³-hybridized carbons (Fsp3) is 1.00. The summed E-state index contributed by atoms with van der Waals surface area (Å²) in [5, 5.41) is 11.0. The summed E-state index contributed by atoms with van der Waals surface area (Å²) in [6.45, 7) is 8.77. The van der Waals surface area contributed by atoms with Crippen LogP contribution in [0.25, 0.3) is 0 Å². The molecule has 0 spiro atoms. The largest absolute Gasteiger partial charge is 0.387 e. The van der Waals surface area contributed by atoms with Crippen molar-refractivity contribution in [2.45, 2.75) is 76.3 Å². The van der Waals surface area contributed by atoms with Crippen molar-refractivity contribution in [2.75, 3.05) is 0 Å². The Balaban J connectivity index is 1.80. The average Bonchev–Trinajstić information content (AvgIpc) is 2.98. The van der Waals surface area contributed by atoms with E-state index in [0.717, 1.165) is 12.8 Å². The third-order valence-electron chi connectivity index (χ3n) is 7.12. The van der Waals surface area contributed by atoms with Crippen molar-refractivity contribution in [1.82, 2.24) is 0 Å². The maximum absolute atomic E-state index is 11.0. The van der Waals surface area contributed by atoms with Gasteiger partial charge < -0.3 is 19.3 Å². The van der Waals surface area contributed by atoms with E-state index < -0.39 is 5.60 Å². The Morgan fingerprint density at radius 3 is 2.53 bits per heavy atom. The molecular weight excluding hydrogens is 244 g/mol. The number of aliphatic hydroxyl groups is 1. The van der Waals surface area contributed by atoms with Crippen LogP contribution >= 0.6 is 0 Å². The fourth-order valence-corrected chi connectivity index (χ4v) is 6.36. The van der Waals surface area contributed by atoms with Crippen LogP contribution in [0.2, 0.25) is 0 Å². The Kier molecular flexibility index (Phi) is 1.59. The maximum Gasteiger partial charge on any atom is 0.165 e. The van der Waals surface area contributed by atoms with Gasteiger partial charge in [-0.15, -0.1) is 0 Å². The molecular formula is C15H22O4. The van der Waals surface area contributed by atoms with Gasteiger partial charge in [0, 0.05) is 5.41 Å². The summed E-state index contributed by atoms with van der Waals surface area (Å²) in [5.74, 6) is 0.0355. The van der Waals surface area contributed by atoms with Crippen molar-refractivity contribution >= 4 is 0 Å². The van der Waals surface area contributed by atoms with Crippen LogP contribution in [0.15, 0.2) is 0 Å². The van der Waals surface area contributed by atoms with Gasteiger partial charge in [0.1, 0.15) is 17.8 Å². The summed E-state index contributed by atoms with van der Waals surface area (Å²) in [6.07, 6.45) is 2.09. The van der Waals surface area contributed by atoms with E-state index in [2.05, 4.69) is 20.8 Å². The van der Waals surface area contributed by atoms with Crippen LogP contribution in [0, 0.1) is 16.7 Å². The Morgan fingerprint density at radius 2 is 1.79 bits per heavy atom. The van der Waals surface area contributed by atoms with Crippen molar-refractivity contribution in [3.05, 3.63) is 0 Å². The summed E-state index contributed by atoms with van der Waals surface area (Å²) < 4.78 is 18.5. The molecule has 0 aromatic rings. The minimum atomic E-state index is -0.827. The second-order valence-electron chi connectivity index (χ2n) is 8.23. The molecule has 3 heterocycles. The lowest BCUT2D eigenvalue weighted by Crippen LogP contribution is -2.72. The number of ether oxygens (including phenoxy) is 3. The van der Waals surface area contributed by atoms with E-state index in [1.54, 1.807) is 0 Å². The molecule has 0 aromatic carbocycles. The van der Waals surface area contributed by atoms with Crippen molar-refractivity contribution in [3.8, 4) is 0 Å². The zero-order valence-corrected chi connectivity index (χ0v) is 12.0. The second kappa shape index (κ2) is 2.63. The molecule has 4 heteroatoms. The predicted molar refractivity (Wildman–Crippen MR) is 66.4 cm³/mol. The monoisotopic (exact) mass is 266 g/mol. The lowest BCUT2D eigenvalue weighted by Gasteiger charge is -2.61. The van der Waals surface area contributed by atoms with Crippen LogP contribution in [-0.2, 0) is 14.2 Å². The highest BCUT2D eigenvalue weighted by atomic mass is 16.7. The first kappa shape index (κ1) is 11.5. The van der Waals surface area contributed by atoms with E-state index in [-0.39, 0.29) is 47.0 Å². The lowest BCUT2D eigenvalue weighted by molar-refractivity contribution is -0.317. The van der Waals surface area contributed by atoms with Crippen LogP contribution < -0.4 is 0 Å². The number of hydrogen-bond donors (Lipinski definition) is 1. The number of fused-ring (bicyclic) bond motifs is 1. The topological polar surface area (TPSA) is 51.2 Å². The molecule has 4 nitrogen and oxygen atoms in total. The van der Waals surface area contributed by atoms with Gasteiger partial charge >= 0.3 is 0 Å². The minimum Gasteiger partial charge on any atom is -0.387 e. The molecule has 0 radical (unpaired) electrons.